The van der Waals surface area contributed by atoms with Crippen LogP contribution in [0.15, 0.2) is 77.7 Å². The van der Waals surface area contributed by atoms with Gasteiger partial charge in [0.2, 0.25) is 5.43 Å². The number of rotatable bonds is 6. The van der Waals surface area contributed by atoms with Crippen molar-refractivity contribution in [2.45, 2.75) is 13.1 Å². The number of nitrogens with zero attached hydrogens (tertiary/aromatic N) is 2. The number of halogens is 2. The number of nitrogens with one attached hydrogen (secondary N) is 1. The normalized spacial score (nSPS) is 13.8. The van der Waals surface area contributed by atoms with Crippen LogP contribution in [0.4, 0.5) is 0 Å². The van der Waals surface area contributed by atoms with E-state index in [4.69, 9.17) is 27.9 Å². The first-order valence-corrected chi connectivity index (χ1v) is 13.9. The van der Waals surface area contributed by atoms with Crippen molar-refractivity contribution in [3.05, 3.63) is 115 Å². The Hall–Kier alpha value is -3.27. The monoisotopic (exact) mass is 581 g/mol. The molecule has 5 rings (SSSR count). The molecule has 39 heavy (non-hydrogen) atoms. The van der Waals surface area contributed by atoms with Crippen molar-refractivity contribution in [3.8, 4) is 0 Å². The average Bonchev–Trinajstić information content (AvgIpc) is 2.95. The summed E-state index contributed by atoms with van der Waals surface area (Å²) in [5, 5.41) is 4.31. The molecule has 1 fully saturated rings. The summed E-state index contributed by atoms with van der Waals surface area (Å²) in [6.07, 6.45) is 1.44. The lowest BCUT2D eigenvalue weighted by atomic mass is 10.1. The molecule has 0 bridgehead atoms. The van der Waals surface area contributed by atoms with Crippen molar-refractivity contribution < 1.29 is 13.7 Å². The second-order valence-electron chi connectivity index (χ2n) is 9.19. The molecular weight excluding hydrogens is 557 g/mol. The van der Waals surface area contributed by atoms with Gasteiger partial charge >= 0.3 is 0 Å². The van der Waals surface area contributed by atoms with Crippen LogP contribution >= 0.6 is 23.2 Å². The van der Waals surface area contributed by atoms with Crippen LogP contribution in [0, 0.1) is 0 Å². The zero-order chi connectivity index (χ0) is 27.4. The van der Waals surface area contributed by atoms with Gasteiger partial charge in [-0.05, 0) is 47.5 Å². The lowest BCUT2D eigenvalue weighted by Gasteiger charge is -2.26. The molecule has 3 aromatic carbocycles. The van der Waals surface area contributed by atoms with E-state index >= 15 is 0 Å². The summed E-state index contributed by atoms with van der Waals surface area (Å²) in [5.41, 5.74) is 2.48. The number of benzene rings is 3. The molecule has 10 heteroatoms. The second-order valence-corrected chi connectivity index (χ2v) is 10.6. The Morgan fingerprint density at radius 1 is 0.923 bits per heavy atom. The van der Waals surface area contributed by atoms with Crippen molar-refractivity contribution in [1.82, 2.24) is 14.8 Å². The van der Waals surface area contributed by atoms with Gasteiger partial charge in [-0.1, -0.05) is 53.5 Å². The van der Waals surface area contributed by atoms with Crippen molar-refractivity contribution in [1.29, 1.82) is 0 Å². The highest BCUT2D eigenvalue weighted by atomic mass is 35.5. The molecule has 0 atom stereocenters. The summed E-state index contributed by atoms with van der Waals surface area (Å²) in [6, 6.07) is 19.5. The smallest absolute Gasteiger partial charge is 0.257 e. The first-order valence-electron chi connectivity index (χ1n) is 12.4. The molecule has 1 aliphatic rings. The molecule has 0 saturated carbocycles. The van der Waals surface area contributed by atoms with Crippen molar-refractivity contribution in [2.75, 3.05) is 26.3 Å². The summed E-state index contributed by atoms with van der Waals surface area (Å²) >= 11 is 12.3. The average molecular weight is 583 g/mol. The number of morpholine rings is 1. The Balaban J connectivity index is 1.58. The number of pyridine rings is 1. The zero-order valence-corrected chi connectivity index (χ0v) is 23.2. The number of fused-ring (bicyclic) bond motifs is 1. The Bertz CT molecular complexity index is 1630. The van der Waals surface area contributed by atoms with Gasteiger partial charge in [-0.25, -0.2) is 4.21 Å². The van der Waals surface area contributed by atoms with E-state index in [2.05, 4.69) is 10.2 Å². The lowest BCUT2D eigenvalue weighted by Crippen LogP contribution is -2.35. The number of hydrogen-bond acceptors (Lipinski definition) is 5. The van der Waals surface area contributed by atoms with E-state index in [9.17, 15) is 13.8 Å². The minimum atomic E-state index is -0.532. The maximum Gasteiger partial charge on any atom is 0.257 e. The van der Waals surface area contributed by atoms with E-state index in [1.165, 1.54) is 6.20 Å². The third kappa shape index (κ3) is 6.32. The minimum Gasteiger partial charge on any atom is -0.379 e. The fraction of sp³-hybridized carbons (Fsp3) is 0.207. The summed E-state index contributed by atoms with van der Waals surface area (Å²) in [6.45, 7) is 3.80. The zero-order valence-electron chi connectivity index (χ0n) is 20.9. The number of carbonyl (C=O) groups excluding carboxylic acids is 1. The lowest BCUT2D eigenvalue weighted by molar-refractivity contribution is 0.0342. The van der Waals surface area contributed by atoms with Gasteiger partial charge < -0.3 is 14.6 Å². The van der Waals surface area contributed by atoms with Crippen LogP contribution in [0.1, 0.15) is 27.0 Å². The first-order chi connectivity index (χ1) is 18.9. The maximum absolute atomic E-state index is 13.7. The summed E-state index contributed by atoms with van der Waals surface area (Å²) in [7, 11) is 0. The first kappa shape index (κ1) is 27.3. The Morgan fingerprint density at radius 3 is 2.23 bits per heavy atom. The summed E-state index contributed by atoms with van der Waals surface area (Å²) in [4.78, 5) is 29.6. The number of aromatic nitrogens is 1. The molecule has 1 aromatic heterocycles. The molecule has 1 amide bonds. The molecular formula is C29H25Cl2N3O4S. The van der Waals surface area contributed by atoms with Gasteiger partial charge in [-0.3, -0.25) is 14.5 Å². The van der Waals surface area contributed by atoms with E-state index in [-0.39, 0.29) is 23.4 Å². The topological polar surface area (TPSA) is 80.6 Å². The molecule has 0 radical (unpaired) electrons. The molecule has 7 nitrogen and oxygen atoms in total. The van der Waals surface area contributed by atoms with Crippen LogP contribution in [0.2, 0.25) is 10.0 Å². The van der Waals surface area contributed by atoms with Crippen LogP contribution in [0.5, 0.6) is 0 Å². The van der Waals surface area contributed by atoms with Crippen LogP contribution < -0.4 is 10.7 Å². The maximum atomic E-state index is 13.7. The Labute approximate surface area is 239 Å². The van der Waals surface area contributed by atoms with Crippen molar-refractivity contribution >= 4 is 56.3 Å². The number of ether oxygens (including phenoxy) is 1. The highest BCUT2D eigenvalue weighted by molar-refractivity contribution is 7.67. The molecule has 2 heterocycles. The minimum absolute atomic E-state index is 0.0551. The van der Waals surface area contributed by atoms with Gasteiger partial charge in [0.15, 0.2) is 0 Å². The van der Waals surface area contributed by atoms with E-state index < -0.39 is 11.3 Å². The quantitative estimate of drug-likeness (QED) is 0.343. The van der Waals surface area contributed by atoms with Gasteiger partial charge in [0, 0.05) is 53.4 Å². The highest BCUT2D eigenvalue weighted by Gasteiger charge is 2.20. The number of carbonyl (C=O) groups is 1. The van der Waals surface area contributed by atoms with Crippen LogP contribution in [0.25, 0.3) is 10.9 Å². The predicted octanol–water partition coefficient (Wildman–Crippen LogP) is 4.31. The number of amides is 1. The van der Waals surface area contributed by atoms with Crippen LogP contribution in [0.3, 0.4) is 0 Å². The number of hydrogen-bond donors (Lipinski definition) is 1. The standard InChI is InChI=1S/C29H25Cl2N3O4S/c30-22-6-1-19(2-7-22)16-32-28(36)25-18-34(29(39-37)21-4-8-23(31)9-5-21)26-10-3-20(15-24(26)27(25)35)17-33-11-13-38-14-12-33/h1-10,15,18H,11-14,16-17H2,(H,32,36). The summed E-state index contributed by atoms with van der Waals surface area (Å²) in [5.74, 6) is -0.532. The molecule has 4 aromatic rings. The molecule has 0 spiro atoms. The summed E-state index contributed by atoms with van der Waals surface area (Å²) < 4.78 is 19.5. The van der Waals surface area contributed by atoms with Crippen molar-refractivity contribution in [2.24, 2.45) is 0 Å². The van der Waals surface area contributed by atoms with Gasteiger partial charge in [0.05, 0.1) is 18.7 Å². The Morgan fingerprint density at radius 2 is 1.56 bits per heavy atom. The van der Waals surface area contributed by atoms with Gasteiger partial charge in [-0.2, -0.15) is 0 Å². The van der Waals surface area contributed by atoms with E-state index in [1.54, 1.807) is 53.1 Å². The van der Waals surface area contributed by atoms with Crippen LogP contribution in [-0.2, 0) is 29.1 Å². The predicted molar refractivity (Wildman–Crippen MR) is 156 cm³/mol. The van der Waals surface area contributed by atoms with Crippen LogP contribution in [-0.4, -0.2) is 50.9 Å². The largest absolute Gasteiger partial charge is 0.379 e. The van der Waals surface area contributed by atoms with E-state index in [0.717, 1.165) is 24.2 Å². The third-order valence-electron chi connectivity index (χ3n) is 6.58. The van der Waals surface area contributed by atoms with Gasteiger partial charge in [0.25, 0.3) is 5.91 Å². The SMILES string of the molecule is O=S=C(c1ccc(Cl)cc1)n1cc(C(=O)NCc2ccc(Cl)cc2)c(=O)c2cc(CN3CCOCC3)ccc21. The molecule has 1 saturated heterocycles. The molecule has 200 valence electrons. The molecule has 0 unspecified atom stereocenters. The van der Waals surface area contributed by atoms with E-state index in [1.807, 2.05) is 18.2 Å². The third-order valence-corrected chi connectivity index (χ3v) is 7.67. The fourth-order valence-electron chi connectivity index (χ4n) is 4.52. The highest BCUT2D eigenvalue weighted by Crippen LogP contribution is 2.19. The van der Waals surface area contributed by atoms with Gasteiger partial charge in [-0.15, -0.1) is 0 Å². The van der Waals surface area contributed by atoms with Gasteiger partial charge in [0.1, 0.15) is 21.8 Å². The van der Waals surface area contributed by atoms with E-state index in [0.29, 0.717) is 51.3 Å². The molecule has 1 N–H and O–H groups in total. The molecule has 1 aliphatic heterocycles. The molecule has 0 aliphatic carbocycles. The Kier molecular flexibility index (Phi) is 8.60. The second kappa shape index (κ2) is 12.3. The van der Waals surface area contributed by atoms with Crippen molar-refractivity contribution in [3.63, 3.8) is 0 Å². The fourth-order valence-corrected chi connectivity index (χ4v) is 5.24.